The van der Waals surface area contributed by atoms with Crippen LogP contribution < -0.4 is 0 Å². The lowest BCUT2D eigenvalue weighted by atomic mass is 10.6. The Bertz CT molecular complexity index is 155. The summed E-state index contributed by atoms with van der Waals surface area (Å²) in [4.78, 5) is 0. The van der Waals surface area contributed by atoms with E-state index in [0.717, 1.165) is 0 Å². The molecule has 1 rings (SSSR count). The third kappa shape index (κ3) is 0.900. The zero-order chi connectivity index (χ0) is 5.82. The van der Waals surface area contributed by atoms with Gasteiger partial charge in [0, 0.05) is 0 Å². The van der Waals surface area contributed by atoms with Gasteiger partial charge in [-0.2, -0.15) is 0 Å². The molecule has 0 unspecified atom stereocenters. The van der Waals surface area contributed by atoms with Gasteiger partial charge in [0.25, 0.3) is 0 Å². The topological polar surface area (TPSA) is 43.6 Å². The minimum absolute atomic E-state index is 0.618. The van der Waals surface area contributed by atoms with Gasteiger partial charge in [0.2, 0.25) is 6.33 Å². The van der Waals surface area contributed by atoms with Gasteiger partial charge in [-0.15, -0.1) is 11.7 Å². The molecule has 1 heterocycles. The number of aromatic nitrogens is 4. The minimum atomic E-state index is 0.618. The fraction of sp³-hybridized carbons (Fsp3) is 0.250. The van der Waals surface area contributed by atoms with Crippen LogP contribution in [-0.2, 0) is 6.54 Å². The fourth-order valence-electron chi connectivity index (χ4n) is 0.360. The Morgan fingerprint density at radius 1 is 1.75 bits per heavy atom. The Morgan fingerprint density at radius 3 is 3.12 bits per heavy atom. The van der Waals surface area contributed by atoms with Crippen LogP contribution in [0.5, 0.6) is 0 Å². The van der Waals surface area contributed by atoms with E-state index in [1.807, 2.05) is 0 Å². The van der Waals surface area contributed by atoms with Crippen molar-refractivity contribution in [2.24, 2.45) is 0 Å². The molecule has 4 heteroatoms. The van der Waals surface area contributed by atoms with Crippen LogP contribution in [0.25, 0.3) is 0 Å². The molecule has 0 bridgehead atoms. The molecule has 0 aliphatic rings. The summed E-state index contributed by atoms with van der Waals surface area (Å²) in [6, 6.07) is 0. The number of hydrogen-bond donors (Lipinski definition) is 0. The van der Waals surface area contributed by atoms with E-state index in [0.29, 0.717) is 6.54 Å². The lowest BCUT2D eigenvalue weighted by Crippen LogP contribution is -1.94. The third-order valence-electron chi connectivity index (χ3n) is 0.655. The predicted octanol–water partition coefficient (Wildman–Crippen LogP) is -0.341. The Hall–Kier alpha value is -1.19. The second-order valence-corrected chi connectivity index (χ2v) is 1.25. The molecular weight excluding hydrogens is 104 g/mol. The fourth-order valence-corrected chi connectivity index (χ4v) is 0.360. The first-order valence-corrected chi connectivity index (χ1v) is 2.18. The third-order valence-corrected chi connectivity index (χ3v) is 0.655. The monoisotopic (exact) mass is 109 g/mol. The van der Waals surface area contributed by atoms with Gasteiger partial charge in [-0.1, -0.05) is 6.08 Å². The van der Waals surface area contributed by atoms with Crippen LogP contribution in [-0.4, -0.2) is 20.2 Å². The number of rotatable bonds is 2. The average Bonchev–Trinajstić information content (AvgIpc) is 2.19. The molecular formula is C4H5N4. The van der Waals surface area contributed by atoms with Gasteiger partial charge in [0.05, 0.1) is 6.54 Å². The average molecular weight is 109 g/mol. The van der Waals surface area contributed by atoms with E-state index in [9.17, 15) is 0 Å². The molecule has 0 saturated heterocycles. The second kappa shape index (κ2) is 2.20. The summed E-state index contributed by atoms with van der Waals surface area (Å²) in [6.07, 6.45) is 4.21. The van der Waals surface area contributed by atoms with Crippen LogP contribution in [0.1, 0.15) is 0 Å². The normalized spacial score (nSPS) is 9.00. The van der Waals surface area contributed by atoms with Crippen molar-refractivity contribution >= 4 is 0 Å². The summed E-state index contributed by atoms with van der Waals surface area (Å²) in [5.41, 5.74) is 0. The molecule has 41 valence electrons. The number of allylic oxidation sites excluding steroid dienone is 1. The molecule has 1 aromatic heterocycles. The summed E-state index contributed by atoms with van der Waals surface area (Å²) in [7, 11) is 0. The van der Waals surface area contributed by atoms with Gasteiger partial charge in [-0.3, -0.25) is 0 Å². The lowest BCUT2D eigenvalue weighted by Gasteiger charge is -1.84. The van der Waals surface area contributed by atoms with E-state index in [2.05, 4.69) is 28.4 Å². The zero-order valence-electron chi connectivity index (χ0n) is 4.28. The quantitative estimate of drug-likeness (QED) is 0.488. The van der Waals surface area contributed by atoms with Crippen molar-refractivity contribution in [1.82, 2.24) is 20.2 Å². The highest BCUT2D eigenvalue weighted by atomic mass is 15.5. The first kappa shape index (κ1) is 4.96. The second-order valence-electron chi connectivity index (χ2n) is 1.25. The maximum atomic E-state index is 3.53. The predicted molar refractivity (Wildman–Crippen MR) is 26.8 cm³/mol. The zero-order valence-corrected chi connectivity index (χ0v) is 4.28. The highest BCUT2D eigenvalue weighted by Gasteiger charge is 1.84. The number of hydrogen-bond acceptors (Lipinski definition) is 3. The molecule has 1 radical (unpaired) electrons. The Morgan fingerprint density at radius 2 is 2.62 bits per heavy atom. The summed E-state index contributed by atoms with van der Waals surface area (Å²) in [5, 5.41) is 10.2. The summed E-state index contributed by atoms with van der Waals surface area (Å²) in [5.74, 6) is 0. The maximum absolute atomic E-state index is 3.53. The molecule has 0 aromatic carbocycles. The molecule has 0 saturated carbocycles. The van der Waals surface area contributed by atoms with Gasteiger partial charge < -0.3 is 0 Å². The van der Waals surface area contributed by atoms with Gasteiger partial charge in [-0.25, -0.2) is 4.68 Å². The van der Waals surface area contributed by atoms with Crippen LogP contribution in [0.3, 0.4) is 0 Å². The van der Waals surface area contributed by atoms with Crippen LogP contribution in [0.4, 0.5) is 0 Å². The first-order chi connectivity index (χ1) is 3.93. The molecule has 0 aliphatic heterocycles. The summed E-state index contributed by atoms with van der Waals surface area (Å²) >= 11 is 0. The van der Waals surface area contributed by atoms with Crippen molar-refractivity contribution in [3.63, 3.8) is 0 Å². The van der Waals surface area contributed by atoms with Crippen LogP contribution in [0.15, 0.2) is 12.7 Å². The molecule has 1 aromatic rings. The number of nitrogens with zero attached hydrogens (tertiary/aromatic N) is 4. The van der Waals surface area contributed by atoms with E-state index >= 15 is 0 Å². The summed E-state index contributed by atoms with van der Waals surface area (Å²) < 4.78 is 1.47. The highest BCUT2D eigenvalue weighted by molar-refractivity contribution is 4.64. The van der Waals surface area contributed by atoms with E-state index in [1.165, 1.54) is 4.68 Å². The van der Waals surface area contributed by atoms with Crippen molar-refractivity contribution < 1.29 is 0 Å². The molecule has 0 spiro atoms. The van der Waals surface area contributed by atoms with E-state index < -0.39 is 0 Å². The molecule has 8 heavy (non-hydrogen) atoms. The van der Waals surface area contributed by atoms with Crippen molar-refractivity contribution in [2.75, 3.05) is 0 Å². The molecule has 0 amide bonds. The molecule has 0 aliphatic carbocycles. The number of tetrazole rings is 1. The van der Waals surface area contributed by atoms with Crippen LogP contribution in [0.2, 0.25) is 0 Å². The highest BCUT2D eigenvalue weighted by Crippen LogP contribution is 1.73. The van der Waals surface area contributed by atoms with Crippen molar-refractivity contribution in [2.45, 2.75) is 6.54 Å². The smallest absolute Gasteiger partial charge is 0.219 e. The lowest BCUT2D eigenvalue weighted by molar-refractivity contribution is 0.657. The molecule has 0 fully saturated rings. The van der Waals surface area contributed by atoms with Gasteiger partial charge in [0.15, 0.2) is 0 Å². The van der Waals surface area contributed by atoms with Gasteiger partial charge in [-0.05, 0) is 10.4 Å². The van der Waals surface area contributed by atoms with Crippen molar-refractivity contribution in [1.29, 1.82) is 0 Å². The van der Waals surface area contributed by atoms with Crippen LogP contribution in [0, 0.1) is 6.33 Å². The van der Waals surface area contributed by atoms with Crippen molar-refractivity contribution in [3.8, 4) is 0 Å². The van der Waals surface area contributed by atoms with Gasteiger partial charge in [0.1, 0.15) is 0 Å². The van der Waals surface area contributed by atoms with Gasteiger partial charge >= 0.3 is 0 Å². The minimum Gasteiger partial charge on any atom is -0.219 e. The molecule has 0 N–H and O–H groups in total. The molecule has 0 atom stereocenters. The largest absolute Gasteiger partial charge is 0.221 e. The standard InChI is InChI=1S/C4H5N4/c1-2-3-8-4-5-6-7-8/h2H,1,3H2. The van der Waals surface area contributed by atoms with E-state index in [-0.39, 0.29) is 0 Å². The summed E-state index contributed by atoms with van der Waals surface area (Å²) in [6.45, 7) is 4.12. The Balaban J connectivity index is 2.62. The SMILES string of the molecule is C=CCn1[c]nnn1. The molecule has 4 nitrogen and oxygen atoms in total. The van der Waals surface area contributed by atoms with E-state index in [4.69, 9.17) is 0 Å². The Kier molecular flexibility index (Phi) is 1.37. The van der Waals surface area contributed by atoms with Crippen LogP contribution >= 0.6 is 0 Å². The van der Waals surface area contributed by atoms with E-state index in [1.54, 1.807) is 6.08 Å². The maximum Gasteiger partial charge on any atom is 0.221 e. The Labute approximate surface area is 46.8 Å². The van der Waals surface area contributed by atoms with Crippen molar-refractivity contribution in [3.05, 3.63) is 19.0 Å². The first-order valence-electron chi connectivity index (χ1n) is 2.18.